The molecule has 2 aromatic rings. The highest BCUT2D eigenvalue weighted by atomic mass is 35.5. The summed E-state index contributed by atoms with van der Waals surface area (Å²) < 4.78 is 5.64. The third-order valence-corrected chi connectivity index (χ3v) is 5.01. The highest BCUT2D eigenvalue weighted by Gasteiger charge is 2.23. The fourth-order valence-corrected chi connectivity index (χ4v) is 3.24. The van der Waals surface area contributed by atoms with E-state index >= 15 is 0 Å². The second kappa shape index (κ2) is 9.57. The molecule has 1 saturated heterocycles. The lowest BCUT2D eigenvalue weighted by atomic mass is 10.2. The molecule has 0 radical (unpaired) electrons. The molecule has 3 rings (SSSR count). The number of nitrogens with one attached hydrogen (secondary N) is 1. The van der Waals surface area contributed by atoms with E-state index in [1.54, 1.807) is 17.0 Å². The fraction of sp³-hybridized carbons (Fsp3) is 0.333. The Kier molecular flexibility index (Phi) is 6.90. The van der Waals surface area contributed by atoms with Crippen LogP contribution in [0.1, 0.15) is 5.56 Å². The van der Waals surface area contributed by atoms with Gasteiger partial charge < -0.3 is 15.0 Å². The Balaban J connectivity index is 1.41. The maximum Gasteiger partial charge on any atom is 0.260 e. The van der Waals surface area contributed by atoms with E-state index in [1.807, 2.05) is 48.2 Å². The zero-order chi connectivity index (χ0) is 19.9. The van der Waals surface area contributed by atoms with E-state index in [4.69, 9.17) is 16.3 Å². The van der Waals surface area contributed by atoms with Gasteiger partial charge in [0.05, 0.1) is 17.3 Å². The van der Waals surface area contributed by atoms with E-state index in [-0.39, 0.29) is 25.0 Å². The van der Waals surface area contributed by atoms with Gasteiger partial charge in [-0.05, 0) is 30.7 Å². The number of anilines is 1. The van der Waals surface area contributed by atoms with Crippen molar-refractivity contribution in [3.8, 4) is 5.75 Å². The van der Waals surface area contributed by atoms with Gasteiger partial charge in [-0.25, -0.2) is 0 Å². The maximum absolute atomic E-state index is 12.4. The summed E-state index contributed by atoms with van der Waals surface area (Å²) in [5, 5.41) is 3.34. The Morgan fingerprint density at radius 2 is 1.71 bits per heavy atom. The molecule has 1 heterocycles. The third-order valence-electron chi connectivity index (χ3n) is 4.68. The van der Waals surface area contributed by atoms with Crippen LogP contribution >= 0.6 is 11.6 Å². The molecular weight excluding hydrogens is 378 g/mol. The number of carbonyl (C=O) groups is 2. The zero-order valence-electron chi connectivity index (χ0n) is 15.9. The van der Waals surface area contributed by atoms with Gasteiger partial charge in [0.25, 0.3) is 5.91 Å². The predicted molar refractivity (Wildman–Crippen MR) is 110 cm³/mol. The van der Waals surface area contributed by atoms with Crippen LogP contribution in [0.25, 0.3) is 0 Å². The molecule has 0 bridgehead atoms. The topological polar surface area (TPSA) is 61.9 Å². The monoisotopic (exact) mass is 401 g/mol. The number of carbonyl (C=O) groups excluding carboxylic acids is 2. The van der Waals surface area contributed by atoms with Crippen molar-refractivity contribution in [2.45, 2.75) is 6.92 Å². The number of halogens is 1. The number of piperazine rings is 1. The molecule has 0 atom stereocenters. The second-order valence-corrected chi connectivity index (χ2v) is 7.15. The second-order valence-electron chi connectivity index (χ2n) is 6.74. The van der Waals surface area contributed by atoms with Crippen molar-refractivity contribution in [3.05, 3.63) is 59.1 Å². The number of ether oxygens (including phenoxy) is 1. The van der Waals surface area contributed by atoms with Crippen LogP contribution in [0.3, 0.4) is 0 Å². The highest BCUT2D eigenvalue weighted by Crippen LogP contribution is 2.20. The third kappa shape index (κ3) is 5.47. The van der Waals surface area contributed by atoms with Crippen molar-refractivity contribution in [2.24, 2.45) is 0 Å². The normalized spacial score (nSPS) is 14.6. The average molecular weight is 402 g/mol. The first-order valence-corrected chi connectivity index (χ1v) is 9.63. The van der Waals surface area contributed by atoms with Gasteiger partial charge in [-0.15, -0.1) is 0 Å². The van der Waals surface area contributed by atoms with Crippen LogP contribution in [0.5, 0.6) is 5.75 Å². The van der Waals surface area contributed by atoms with Crippen LogP contribution in [0, 0.1) is 6.92 Å². The molecule has 148 valence electrons. The summed E-state index contributed by atoms with van der Waals surface area (Å²) in [4.78, 5) is 28.4. The lowest BCUT2D eigenvalue weighted by Crippen LogP contribution is -2.51. The van der Waals surface area contributed by atoms with Crippen molar-refractivity contribution in [1.29, 1.82) is 0 Å². The lowest BCUT2D eigenvalue weighted by molar-refractivity contribution is -0.135. The van der Waals surface area contributed by atoms with Crippen LogP contribution in [0.2, 0.25) is 5.02 Å². The van der Waals surface area contributed by atoms with Crippen molar-refractivity contribution in [1.82, 2.24) is 9.80 Å². The Bertz CT molecular complexity index is 835. The Morgan fingerprint density at radius 1 is 1.04 bits per heavy atom. The Hall–Kier alpha value is -2.57. The molecule has 1 aliphatic rings. The van der Waals surface area contributed by atoms with Gasteiger partial charge in [-0.3, -0.25) is 14.5 Å². The first-order valence-electron chi connectivity index (χ1n) is 9.26. The first kappa shape index (κ1) is 20.2. The minimum absolute atomic E-state index is 0.0256. The van der Waals surface area contributed by atoms with Crippen molar-refractivity contribution in [3.63, 3.8) is 0 Å². The average Bonchev–Trinajstić information content (AvgIpc) is 2.69. The van der Waals surface area contributed by atoms with Gasteiger partial charge in [0.2, 0.25) is 5.91 Å². The van der Waals surface area contributed by atoms with Gasteiger partial charge in [0, 0.05) is 26.2 Å². The van der Waals surface area contributed by atoms with Crippen molar-refractivity contribution >= 4 is 29.1 Å². The van der Waals surface area contributed by atoms with Gasteiger partial charge in [-0.2, -0.15) is 0 Å². The van der Waals surface area contributed by atoms with Crippen molar-refractivity contribution in [2.75, 3.05) is 44.6 Å². The number of hydrogen-bond donors (Lipinski definition) is 1. The molecule has 0 spiro atoms. The number of benzene rings is 2. The maximum atomic E-state index is 12.4. The highest BCUT2D eigenvalue weighted by molar-refractivity contribution is 6.33. The standard InChI is InChI=1S/C21H24ClN3O3/c1-16-6-2-5-9-19(16)28-15-21(27)25-12-10-24(11-13-25)14-20(26)23-18-8-4-3-7-17(18)22/h2-9H,10-15H2,1H3,(H,23,26). The Labute approximate surface area is 170 Å². The quantitative estimate of drug-likeness (QED) is 0.808. The summed E-state index contributed by atoms with van der Waals surface area (Å²) in [5.74, 6) is 0.574. The molecule has 2 aromatic carbocycles. The van der Waals surface area contributed by atoms with Crippen LogP contribution in [0.4, 0.5) is 5.69 Å². The number of aryl methyl sites for hydroxylation is 1. The molecule has 0 aliphatic carbocycles. The van der Waals surface area contributed by atoms with E-state index in [9.17, 15) is 9.59 Å². The van der Waals surface area contributed by atoms with Gasteiger partial charge in [0.1, 0.15) is 5.75 Å². The largest absolute Gasteiger partial charge is 0.484 e. The molecule has 28 heavy (non-hydrogen) atoms. The molecule has 7 heteroatoms. The van der Waals surface area contributed by atoms with E-state index in [0.29, 0.717) is 36.9 Å². The predicted octanol–water partition coefficient (Wildman–Crippen LogP) is 2.81. The van der Waals surface area contributed by atoms with Crippen LogP contribution in [-0.2, 0) is 9.59 Å². The molecule has 6 nitrogen and oxygen atoms in total. The zero-order valence-corrected chi connectivity index (χ0v) is 16.6. The number of hydrogen-bond acceptors (Lipinski definition) is 4. The smallest absolute Gasteiger partial charge is 0.260 e. The summed E-state index contributed by atoms with van der Waals surface area (Å²) in [6, 6.07) is 14.8. The molecule has 0 unspecified atom stereocenters. The Morgan fingerprint density at radius 3 is 2.43 bits per heavy atom. The van der Waals surface area contributed by atoms with Gasteiger partial charge in [-0.1, -0.05) is 41.9 Å². The number of para-hydroxylation sites is 2. The molecule has 1 fully saturated rings. The van der Waals surface area contributed by atoms with Crippen molar-refractivity contribution < 1.29 is 14.3 Å². The molecule has 1 N–H and O–H groups in total. The summed E-state index contributed by atoms with van der Waals surface area (Å²) in [5.41, 5.74) is 1.61. The molecule has 0 aromatic heterocycles. The first-order chi connectivity index (χ1) is 13.5. The minimum atomic E-state index is -0.115. The molecule has 0 saturated carbocycles. The van der Waals surface area contributed by atoms with Crippen LogP contribution in [0.15, 0.2) is 48.5 Å². The molecular formula is C21H24ClN3O3. The summed E-state index contributed by atoms with van der Waals surface area (Å²) >= 11 is 6.06. The summed E-state index contributed by atoms with van der Waals surface area (Å²) in [7, 11) is 0. The van der Waals surface area contributed by atoms with E-state index in [2.05, 4.69) is 5.32 Å². The number of amides is 2. The van der Waals surface area contributed by atoms with Gasteiger partial charge >= 0.3 is 0 Å². The van der Waals surface area contributed by atoms with Gasteiger partial charge in [0.15, 0.2) is 6.61 Å². The molecule has 1 aliphatic heterocycles. The number of nitrogens with zero attached hydrogens (tertiary/aromatic N) is 2. The number of rotatable bonds is 6. The lowest BCUT2D eigenvalue weighted by Gasteiger charge is -2.34. The van der Waals surface area contributed by atoms with E-state index in [1.165, 1.54) is 0 Å². The van der Waals surface area contributed by atoms with E-state index < -0.39 is 0 Å². The molecule has 2 amide bonds. The minimum Gasteiger partial charge on any atom is -0.484 e. The fourth-order valence-electron chi connectivity index (χ4n) is 3.06. The van der Waals surface area contributed by atoms with E-state index in [0.717, 1.165) is 11.3 Å². The summed E-state index contributed by atoms with van der Waals surface area (Å²) in [6.07, 6.45) is 0. The van der Waals surface area contributed by atoms with Crippen LogP contribution < -0.4 is 10.1 Å². The summed E-state index contributed by atoms with van der Waals surface area (Å²) in [6.45, 7) is 4.69. The SMILES string of the molecule is Cc1ccccc1OCC(=O)N1CCN(CC(=O)Nc2ccccc2Cl)CC1. The van der Waals surface area contributed by atoms with Crippen LogP contribution in [-0.4, -0.2) is 60.9 Å².